The number of amides is 1. The van der Waals surface area contributed by atoms with Gasteiger partial charge in [-0.25, -0.2) is 9.97 Å². The number of ether oxygens (including phenoxy) is 2. The molecule has 1 fully saturated rings. The minimum absolute atomic E-state index is 0.0153. The number of fused-ring (bicyclic) bond motifs is 1. The number of hydrogen-bond acceptors (Lipinski definition) is 6. The summed E-state index contributed by atoms with van der Waals surface area (Å²) in [6.07, 6.45) is 2.66. The number of carbonyl (C=O) groups excluding carboxylic acids is 1. The Kier molecular flexibility index (Phi) is 5.98. The maximum absolute atomic E-state index is 12.8. The topological polar surface area (TPSA) is 67.8 Å². The van der Waals surface area contributed by atoms with Gasteiger partial charge in [0.2, 0.25) is 5.95 Å². The predicted octanol–water partition coefficient (Wildman–Crippen LogP) is 2.94. The number of carbonyl (C=O) groups is 1. The van der Waals surface area contributed by atoms with Crippen LogP contribution in [0.4, 0.5) is 5.95 Å². The van der Waals surface area contributed by atoms with E-state index in [1.54, 1.807) is 0 Å². The third-order valence-electron chi connectivity index (χ3n) is 5.90. The van der Waals surface area contributed by atoms with Gasteiger partial charge < -0.3 is 19.3 Å². The minimum Gasteiger partial charge on any atom is -0.484 e. The van der Waals surface area contributed by atoms with Crippen molar-refractivity contribution in [1.82, 2.24) is 14.9 Å². The molecule has 164 valence electrons. The molecule has 2 aliphatic rings. The molecule has 7 nitrogen and oxygen atoms in total. The van der Waals surface area contributed by atoms with Crippen molar-refractivity contribution in [2.24, 2.45) is 0 Å². The molecule has 3 heterocycles. The molecule has 0 aliphatic carbocycles. The molecule has 7 heteroatoms. The lowest BCUT2D eigenvalue weighted by Crippen LogP contribution is -2.40. The molecule has 1 aromatic heterocycles. The van der Waals surface area contributed by atoms with Gasteiger partial charge in [0.1, 0.15) is 5.75 Å². The van der Waals surface area contributed by atoms with Crippen LogP contribution in [0.15, 0.2) is 60.8 Å². The number of anilines is 1. The van der Waals surface area contributed by atoms with Crippen LogP contribution in [-0.4, -0.2) is 60.2 Å². The zero-order chi connectivity index (χ0) is 21.8. The van der Waals surface area contributed by atoms with Gasteiger partial charge in [0, 0.05) is 25.8 Å². The average Bonchev–Trinajstić information content (AvgIpc) is 2.88. The quantitative estimate of drug-likeness (QED) is 0.620. The molecule has 5 rings (SSSR count). The molecule has 2 aliphatic heterocycles. The van der Waals surface area contributed by atoms with E-state index in [0.29, 0.717) is 32.1 Å². The molecule has 0 spiro atoms. The summed E-state index contributed by atoms with van der Waals surface area (Å²) in [5.41, 5.74) is 4.31. The molecule has 2 aromatic carbocycles. The first-order chi connectivity index (χ1) is 15.8. The van der Waals surface area contributed by atoms with Crippen molar-refractivity contribution in [2.75, 3.05) is 44.4 Å². The van der Waals surface area contributed by atoms with Gasteiger partial charge in [-0.15, -0.1) is 0 Å². The SMILES string of the molecule is O=C(COc1ccc(-c2ccccc2)cc1)N1CCc2cnc(N3CCOCC3)nc2C1. The summed E-state index contributed by atoms with van der Waals surface area (Å²) in [6, 6.07) is 18.0. The minimum atomic E-state index is -0.0330. The fourth-order valence-corrected chi connectivity index (χ4v) is 4.03. The summed E-state index contributed by atoms with van der Waals surface area (Å²) in [6.45, 7) is 4.12. The third-order valence-corrected chi connectivity index (χ3v) is 5.90. The Morgan fingerprint density at radius 1 is 0.969 bits per heavy atom. The molecule has 0 saturated carbocycles. The fourth-order valence-electron chi connectivity index (χ4n) is 4.03. The number of nitrogens with zero attached hydrogens (tertiary/aromatic N) is 4. The largest absolute Gasteiger partial charge is 0.484 e. The molecule has 1 amide bonds. The first kappa shape index (κ1) is 20.5. The molecule has 32 heavy (non-hydrogen) atoms. The van der Waals surface area contributed by atoms with E-state index in [2.05, 4.69) is 22.0 Å². The number of morpholine rings is 1. The normalized spacial score (nSPS) is 15.9. The number of aromatic nitrogens is 2. The lowest BCUT2D eigenvalue weighted by atomic mass is 10.1. The molecule has 1 saturated heterocycles. The van der Waals surface area contributed by atoms with E-state index in [1.165, 1.54) is 0 Å². The summed E-state index contributed by atoms with van der Waals surface area (Å²) in [5.74, 6) is 1.37. The molecule has 0 atom stereocenters. The van der Waals surface area contributed by atoms with Crippen LogP contribution in [0.2, 0.25) is 0 Å². The van der Waals surface area contributed by atoms with Crippen LogP contribution in [0.3, 0.4) is 0 Å². The summed E-state index contributed by atoms with van der Waals surface area (Å²) < 4.78 is 11.2. The van der Waals surface area contributed by atoms with Crippen LogP contribution in [0, 0.1) is 0 Å². The van der Waals surface area contributed by atoms with Crippen LogP contribution in [0.1, 0.15) is 11.3 Å². The first-order valence-corrected chi connectivity index (χ1v) is 11.0. The Balaban J connectivity index is 1.19. The second-order valence-corrected chi connectivity index (χ2v) is 7.99. The Morgan fingerprint density at radius 2 is 1.72 bits per heavy atom. The van der Waals surface area contributed by atoms with Crippen molar-refractivity contribution in [3.63, 3.8) is 0 Å². The second kappa shape index (κ2) is 9.36. The zero-order valence-corrected chi connectivity index (χ0v) is 17.9. The zero-order valence-electron chi connectivity index (χ0n) is 17.9. The highest BCUT2D eigenvalue weighted by molar-refractivity contribution is 5.78. The molecule has 0 bridgehead atoms. The van der Waals surface area contributed by atoms with Gasteiger partial charge in [-0.05, 0) is 35.2 Å². The summed E-state index contributed by atoms with van der Waals surface area (Å²) in [5, 5.41) is 0. The smallest absolute Gasteiger partial charge is 0.260 e. The van der Waals surface area contributed by atoms with E-state index in [0.717, 1.165) is 47.8 Å². The van der Waals surface area contributed by atoms with E-state index in [9.17, 15) is 4.79 Å². The Hall–Kier alpha value is -3.45. The lowest BCUT2D eigenvalue weighted by Gasteiger charge is -2.30. The van der Waals surface area contributed by atoms with E-state index >= 15 is 0 Å². The van der Waals surface area contributed by atoms with Gasteiger partial charge in [0.25, 0.3) is 5.91 Å². The van der Waals surface area contributed by atoms with Crippen LogP contribution < -0.4 is 9.64 Å². The Labute approximate surface area is 187 Å². The number of hydrogen-bond donors (Lipinski definition) is 0. The highest BCUT2D eigenvalue weighted by Gasteiger charge is 2.24. The average molecular weight is 431 g/mol. The standard InChI is InChI=1S/C25H26N4O3/c30-24(18-32-22-8-6-20(7-9-22)19-4-2-1-3-5-19)29-11-10-21-16-26-25(27-23(21)17-29)28-12-14-31-15-13-28/h1-9,16H,10-15,17-18H2. The maximum atomic E-state index is 12.8. The molecular weight excluding hydrogens is 404 g/mol. The van der Waals surface area contributed by atoms with Gasteiger partial charge in [-0.1, -0.05) is 42.5 Å². The first-order valence-electron chi connectivity index (χ1n) is 11.0. The van der Waals surface area contributed by atoms with Crippen LogP contribution >= 0.6 is 0 Å². The third kappa shape index (κ3) is 4.57. The van der Waals surface area contributed by atoms with Crippen molar-refractivity contribution in [2.45, 2.75) is 13.0 Å². The fraction of sp³-hybridized carbons (Fsp3) is 0.320. The highest BCUT2D eigenvalue weighted by atomic mass is 16.5. The van der Waals surface area contributed by atoms with Gasteiger partial charge in [0.05, 0.1) is 25.5 Å². The van der Waals surface area contributed by atoms with Crippen molar-refractivity contribution in [3.05, 3.63) is 72.1 Å². The Bertz CT molecular complexity index is 1070. The summed E-state index contributed by atoms with van der Waals surface area (Å²) >= 11 is 0. The van der Waals surface area contributed by atoms with Crippen LogP contribution in [0.5, 0.6) is 5.75 Å². The van der Waals surface area contributed by atoms with E-state index in [-0.39, 0.29) is 12.5 Å². The monoisotopic (exact) mass is 430 g/mol. The number of benzene rings is 2. The van der Waals surface area contributed by atoms with E-state index in [1.807, 2.05) is 53.6 Å². The summed E-state index contributed by atoms with van der Waals surface area (Å²) in [7, 11) is 0. The van der Waals surface area contributed by atoms with E-state index in [4.69, 9.17) is 14.5 Å². The molecule has 0 N–H and O–H groups in total. The van der Waals surface area contributed by atoms with Gasteiger partial charge in [-0.2, -0.15) is 0 Å². The highest BCUT2D eigenvalue weighted by Crippen LogP contribution is 2.23. The van der Waals surface area contributed by atoms with Crippen molar-refractivity contribution in [3.8, 4) is 16.9 Å². The Morgan fingerprint density at radius 3 is 2.50 bits per heavy atom. The maximum Gasteiger partial charge on any atom is 0.260 e. The van der Waals surface area contributed by atoms with Crippen molar-refractivity contribution in [1.29, 1.82) is 0 Å². The van der Waals surface area contributed by atoms with Crippen LogP contribution in [0.25, 0.3) is 11.1 Å². The molecule has 0 radical (unpaired) electrons. The van der Waals surface area contributed by atoms with Gasteiger partial charge in [0.15, 0.2) is 6.61 Å². The molecule has 3 aromatic rings. The summed E-state index contributed by atoms with van der Waals surface area (Å²) in [4.78, 5) is 26.0. The van der Waals surface area contributed by atoms with Crippen molar-refractivity contribution < 1.29 is 14.3 Å². The van der Waals surface area contributed by atoms with Gasteiger partial charge in [-0.3, -0.25) is 4.79 Å². The lowest BCUT2D eigenvalue weighted by molar-refractivity contribution is -0.134. The van der Waals surface area contributed by atoms with Crippen molar-refractivity contribution >= 4 is 11.9 Å². The predicted molar refractivity (Wildman–Crippen MR) is 122 cm³/mol. The van der Waals surface area contributed by atoms with E-state index < -0.39 is 0 Å². The second-order valence-electron chi connectivity index (χ2n) is 7.99. The number of rotatable bonds is 5. The molecule has 0 unspecified atom stereocenters. The molecular formula is C25H26N4O3. The van der Waals surface area contributed by atoms with Crippen LogP contribution in [-0.2, 0) is 22.5 Å². The van der Waals surface area contributed by atoms with Gasteiger partial charge >= 0.3 is 0 Å².